The molecule has 0 aromatic heterocycles. The first-order chi connectivity index (χ1) is 12.2. The Hall–Kier alpha value is -2.09. The zero-order valence-corrected chi connectivity index (χ0v) is 16.2. The van der Waals surface area contributed by atoms with Crippen LogP contribution in [0.25, 0.3) is 0 Å². The van der Waals surface area contributed by atoms with Crippen LogP contribution in [0.1, 0.15) is 23.7 Å². The van der Waals surface area contributed by atoms with Gasteiger partial charge in [0.2, 0.25) is 0 Å². The van der Waals surface area contributed by atoms with Gasteiger partial charge in [-0.1, -0.05) is 23.7 Å². The molecule has 8 heteroatoms. The molecular formula is C18H22ClN3O3S. The molecule has 2 aromatic carbocycles. The van der Waals surface area contributed by atoms with Gasteiger partial charge >= 0.3 is 0 Å². The number of anilines is 1. The lowest BCUT2D eigenvalue weighted by atomic mass is 10.2. The number of nitrogens with one attached hydrogen (secondary N) is 1. The molecule has 140 valence electrons. The highest BCUT2D eigenvalue weighted by atomic mass is 35.5. The molecule has 0 saturated carbocycles. The summed E-state index contributed by atoms with van der Waals surface area (Å²) in [5.41, 5.74) is 6.36. The van der Waals surface area contributed by atoms with Crippen LogP contribution in [0.3, 0.4) is 0 Å². The van der Waals surface area contributed by atoms with Crippen molar-refractivity contribution in [1.82, 2.24) is 5.32 Å². The van der Waals surface area contributed by atoms with Crippen molar-refractivity contribution >= 4 is 33.2 Å². The molecule has 1 atom stereocenters. The van der Waals surface area contributed by atoms with Crippen LogP contribution in [0.4, 0.5) is 5.69 Å². The summed E-state index contributed by atoms with van der Waals surface area (Å²) in [7, 11) is -2.38. The molecule has 2 aromatic rings. The van der Waals surface area contributed by atoms with Gasteiger partial charge in [-0.3, -0.25) is 9.10 Å². The van der Waals surface area contributed by atoms with E-state index in [1.54, 1.807) is 36.4 Å². The SMILES string of the molecule is CC(N)CCNC(=O)c1cccc(S(=O)(=O)N(C)c2cccc(Cl)c2)c1. The molecule has 0 aliphatic rings. The third-order valence-electron chi connectivity index (χ3n) is 3.81. The first-order valence-corrected chi connectivity index (χ1v) is 9.92. The van der Waals surface area contributed by atoms with E-state index in [2.05, 4.69) is 5.32 Å². The number of rotatable bonds is 7. The maximum Gasteiger partial charge on any atom is 0.264 e. The van der Waals surface area contributed by atoms with Gasteiger partial charge < -0.3 is 11.1 Å². The molecule has 0 bridgehead atoms. The molecule has 0 heterocycles. The maximum absolute atomic E-state index is 12.9. The largest absolute Gasteiger partial charge is 0.352 e. The summed E-state index contributed by atoms with van der Waals surface area (Å²) < 4.78 is 26.8. The second kappa shape index (κ2) is 8.53. The molecule has 26 heavy (non-hydrogen) atoms. The Morgan fingerprint density at radius 2 is 1.92 bits per heavy atom. The highest BCUT2D eigenvalue weighted by molar-refractivity contribution is 7.92. The summed E-state index contributed by atoms with van der Waals surface area (Å²) in [5, 5.41) is 3.17. The van der Waals surface area contributed by atoms with Crippen molar-refractivity contribution in [2.75, 3.05) is 17.9 Å². The van der Waals surface area contributed by atoms with Crippen molar-refractivity contribution < 1.29 is 13.2 Å². The van der Waals surface area contributed by atoms with Gasteiger partial charge in [0.25, 0.3) is 15.9 Å². The number of carbonyl (C=O) groups excluding carboxylic acids is 1. The van der Waals surface area contributed by atoms with Gasteiger partial charge in [0.05, 0.1) is 10.6 Å². The smallest absolute Gasteiger partial charge is 0.264 e. The predicted molar refractivity (Wildman–Crippen MR) is 104 cm³/mol. The van der Waals surface area contributed by atoms with E-state index in [1.165, 1.54) is 19.2 Å². The average molecular weight is 396 g/mol. The van der Waals surface area contributed by atoms with E-state index in [0.29, 0.717) is 23.7 Å². The van der Waals surface area contributed by atoms with Gasteiger partial charge in [0.1, 0.15) is 0 Å². The van der Waals surface area contributed by atoms with E-state index in [0.717, 1.165) is 4.31 Å². The van der Waals surface area contributed by atoms with Gasteiger partial charge in [0, 0.05) is 30.2 Å². The van der Waals surface area contributed by atoms with Crippen LogP contribution in [-0.2, 0) is 10.0 Å². The van der Waals surface area contributed by atoms with E-state index in [4.69, 9.17) is 17.3 Å². The molecule has 0 saturated heterocycles. The molecule has 6 nitrogen and oxygen atoms in total. The number of hydrogen-bond acceptors (Lipinski definition) is 4. The van der Waals surface area contributed by atoms with Gasteiger partial charge in [-0.05, 0) is 49.7 Å². The van der Waals surface area contributed by atoms with Crippen LogP contribution < -0.4 is 15.4 Å². The lowest BCUT2D eigenvalue weighted by Gasteiger charge is -2.20. The molecule has 2 rings (SSSR count). The second-order valence-corrected chi connectivity index (χ2v) is 8.41. The van der Waals surface area contributed by atoms with Crippen LogP contribution >= 0.6 is 11.6 Å². The highest BCUT2D eigenvalue weighted by Crippen LogP contribution is 2.25. The Labute approximate surface area is 159 Å². The minimum absolute atomic E-state index is 0.0200. The molecule has 0 aliphatic carbocycles. The van der Waals surface area contributed by atoms with Crippen LogP contribution in [0.15, 0.2) is 53.4 Å². The maximum atomic E-state index is 12.9. The Kier molecular flexibility index (Phi) is 6.63. The summed E-state index contributed by atoms with van der Waals surface area (Å²) in [6.07, 6.45) is 0.640. The summed E-state index contributed by atoms with van der Waals surface area (Å²) in [5.74, 6) is -0.340. The zero-order chi connectivity index (χ0) is 19.3. The molecule has 0 aliphatic heterocycles. The number of carbonyl (C=O) groups is 1. The highest BCUT2D eigenvalue weighted by Gasteiger charge is 2.22. The molecule has 0 spiro atoms. The minimum atomic E-state index is -3.82. The Bertz CT molecular complexity index is 885. The molecular weight excluding hydrogens is 374 g/mol. The summed E-state index contributed by atoms with van der Waals surface area (Å²) in [6, 6.07) is 12.4. The van der Waals surface area contributed by atoms with Gasteiger partial charge in [-0.2, -0.15) is 0 Å². The van der Waals surface area contributed by atoms with E-state index in [1.807, 2.05) is 6.92 Å². The summed E-state index contributed by atoms with van der Waals surface area (Å²) in [4.78, 5) is 12.2. The van der Waals surface area contributed by atoms with Crippen LogP contribution in [0.5, 0.6) is 0 Å². The van der Waals surface area contributed by atoms with E-state index in [-0.39, 0.29) is 22.4 Å². The van der Waals surface area contributed by atoms with Gasteiger partial charge in [0.15, 0.2) is 0 Å². The zero-order valence-electron chi connectivity index (χ0n) is 14.6. The quantitative estimate of drug-likeness (QED) is 0.753. The van der Waals surface area contributed by atoms with E-state index >= 15 is 0 Å². The Morgan fingerprint density at radius 3 is 2.58 bits per heavy atom. The third kappa shape index (κ3) is 4.97. The normalized spacial score (nSPS) is 12.5. The number of halogens is 1. The molecule has 0 fully saturated rings. The van der Waals surface area contributed by atoms with E-state index in [9.17, 15) is 13.2 Å². The number of nitrogens with two attached hydrogens (primary N) is 1. The topological polar surface area (TPSA) is 92.5 Å². The van der Waals surface area contributed by atoms with Crippen molar-refractivity contribution in [3.05, 3.63) is 59.1 Å². The molecule has 3 N–H and O–H groups in total. The number of sulfonamides is 1. The van der Waals surface area contributed by atoms with E-state index < -0.39 is 10.0 Å². The first kappa shape index (κ1) is 20.2. The molecule has 1 unspecified atom stereocenters. The second-order valence-electron chi connectivity index (χ2n) is 6.00. The lowest BCUT2D eigenvalue weighted by molar-refractivity contribution is 0.0952. The number of benzene rings is 2. The number of nitrogens with zero attached hydrogens (tertiary/aromatic N) is 1. The average Bonchev–Trinajstić information content (AvgIpc) is 2.60. The molecule has 1 amide bonds. The summed E-state index contributed by atoms with van der Waals surface area (Å²) >= 11 is 5.94. The van der Waals surface area contributed by atoms with Crippen molar-refractivity contribution in [3.8, 4) is 0 Å². The number of hydrogen-bond donors (Lipinski definition) is 2. The number of amides is 1. The fourth-order valence-electron chi connectivity index (χ4n) is 2.28. The Balaban J connectivity index is 2.23. The fraction of sp³-hybridized carbons (Fsp3) is 0.278. The molecule has 0 radical (unpaired) electrons. The first-order valence-electron chi connectivity index (χ1n) is 8.10. The van der Waals surface area contributed by atoms with Crippen LogP contribution in [0, 0.1) is 0 Å². The minimum Gasteiger partial charge on any atom is -0.352 e. The lowest BCUT2D eigenvalue weighted by Crippen LogP contribution is -2.29. The van der Waals surface area contributed by atoms with Crippen molar-refractivity contribution in [2.45, 2.75) is 24.3 Å². The van der Waals surface area contributed by atoms with Crippen LogP contribution in [-0.4, -0.2) is 34.0 Å². The standard InChI is InChI=1S/C18H22ClN3O3S/c1-13(20)9-10-21-18(23)14-5-3-8-17(11-14)26(24,25)22(2)16-7-4-6-15(19)12-16/h3-8,11-13H,9-10,20H2,1-2H3,(H,21,23). The van der Waals surface area contributed by atoms with Crippen molar-refractivity contribution in [1.29, 1.82) is 0 Å². The Morgan fingerprint density at radius 1 is 1.23 bits per heavy atom. The van der Waals surface area contributed by atoms with Crippen molar-refractivity contribution in [2.24, 2.45) is 5.73 Å². The van der Waals surface area contributed by atoms with Crippen LogP contribution in [0.2, 0.25) is 5.02 Å². The van der Waals surface area contributed by atoms with Crippen molar-refractivity contribution in [3.63, 3.8) is 0 Å². The third-order valence-corrected chi connectivity index (χ3v) is 5.83. The van der Waals surface area contributed by atoms with Gasteiger partial charge in [-0.25, -0.2) is 8.42 Å². The van der Waals surface area contributed by atoms with Gasteiger partial charge in [-0.15, -0.1) is 0 Å². The fourth-order valence-corrected chi connectivity index (χ4v) is 3.70. The predicted octanol–water partition coefficient (Wildman–Crippen LogP) is 2.63. The summed E-state index contributed by atoms with van der Waals surface area (Å²) in [6.45, 7) is 2.28. The monoisotopic (exact) mass is 395 g/mol.